The van der Waals surface area contributed by atoms with Crippen molar-refractivity contribution in [1.29, 1.82) is 0 Å². The number of hydrogen-bond donors (Lipinski definition) is 0. The molecule has 0 saturated carbocycles. The number of aromatic nitrogens is 1. The van der Waals surface area contributed by atoms with Crippen LogP contribution in [0.15, 0.2) is 30.6 Å². The molecule has 0 spiro atoms. The molecule has 0 aliphatic carbocycles. The highest BCUT2D eigenvalue weighted by molar-refractivity contribution is 7.16. The van der Waals surface area contributed by atoms with Crippen LogP contribution in [0.1, 0.15) is 29.9 Å². The van der Waals surface area contributed by atoms with Crippen molar-refractivity contribution in [2.24, 2.45) is 5.92 Å². The van der Waals surface area contributed by atoms with Crippen LogP contribution in [0.2, 0.25) is 0 Å². The van der Waals surface area contributed by atoms with Crippen molar-refractivity contribution >= 4 is 16.3 Å². The number of fused-ring (bicyclic) bond motifs is 1. The molecule has 3 nitrogen and oxygen atoms in total. The summed E-state index contributed by atoms with van der Waals surface area (Å²) in [5.74, 6) is 0.690. The molecular formula is C17H23N3S. The SMILES string of the molecule is CC(C)CN1CN(C)Cc2cc(Cc3ccncc3)sc21. The second-order valence-electron chi connectivity index (χ2n) is 6.35. The molecule has 21 heavy (non-hydrogen) atoms. The summed E-state index contributed by atoms with van der Waals surface area (Å²) in [7, 11) is 2.20. The molecule has 2 aromatic rings. The maximum absolute atomic E-state index is 4.10. The summed E-state index contributed by atoms with van der Waals surface area (Å²) in [6, 6.07) is 6.61. The van der Waals surface area contributed by atoms with Gasteiger partial charge >= 0.3 is 0 Å². The van der Waals surface area contributed by atoms with Gasteiger partial charge in [-0.25, -0.2) is 0 Å². The van der Waals surface area contributed by atoms with Crippen molar-refractivity contribution in [3.8, 4) is 0 Å². The van der Waals surface area contributed by atoms with E-state index in [9.17, 15) is 0 Å². The second kappa shape index (κ2) is 6.16. The lowest BCUT2D eigenvalue weighted by Crippen LogP contribution is -2.41. The van der Waals surface area contributed by atoms with Gasteiger partial charge in [-0.1, -0.05) is 13.8 Å². The molecule has 0 radical (unpaired) electrons. The smallest absolute Gasteiger partial charge is 0.0967 e. The van der Waals surface area contributed by atoms with Gasteiger partial charge in [-0.2, -0.15) is 0 Å². The number of hydrogen-bond acceptors (Lipinski definition) is 4. The topological polar surface area (TPSA) is 19.4 Å². The molecule has 0 aromatic carbocycles. The standard InChI is InChI=1S/C17H23N3S/c1-13(2)10-20-12-19(3)11-15-9-16(21-17(15)20)8-14-4-6-18-7-5-14/h4-7,9,13H,8,10-12H2,1-3H3. The molecule has 3 rings (SSSR count). The Morgan fingerprint density at radius 3 is 2.76 bits per heavy atom. The summed E-state index contributed by atoms with van der Waals surface area (Å²) in [6.07, 6.45) is 4.77. The van der Waals surface area contributed by atoms with E-state index in [0.29, 0.717) is 5.92 Å². The highest BCUT2D eigenvalue weighted by Gasteiger charge is 2.23. The summed E-state index contributed by atoms with van der Waals surface area (Å²) in [5.41, 5.74) is 2.82. The van der Waals surface area contributed by atoms with Crippen LogP contribution in [0, 0.1) is 5.92 Å². The molecule has 3 heterocycles. The van der Waals surface area contributed by atoms with Gasteiger partial charge in [0.25, 0.3) is 0 Å². The number of nitrogens with zero attached hydrogens (tertiary/aromatic N) is 3. The predicted octanol–water partition coefficient (Wildman–Crippen LogP) is 3.60. The van der Waals surface area contributed by atoms with Gasteiger partial charge in [-0.15, -0.1) is 11.3 Å². The average molecular weight is 301 g/mol. The van der Waals surface area contributed by atoms with Crippen LogP contribution < -0.4 is 4.90 Å². The summed E-state index contributed by atoms with van der Waals surface area (Å²) >= 11 is 1.96. The Hall–Kier alpha value is -1.39. The van der Waals surface area contributed by atoms with Gasteiger partial charge in [0, 0.05) is 42.3 Å². The van der Waals surface area contributed by atoms with E-state index in [1.165, 1.54) is 21.0 Å². The van der Waals surface area contributed by atoms with Crippen LogP contribution in [0.5, 0.6) is 0 Å². The monoisotopic (exact) mass is 301 g/mol. The first-order valence-electron chi connectivity index (χ1n) is 7.56. The highest BCUT2D eigenvalue weighted by atomic mass is 32.1. The molecule has 0 saturated heterocycles. The van der Waals surface area contributed by atoms with Crippen molar-refractivity contribution in [1.82, 2.24) is 9.88 Å². The van der Waals surface area contributed by atoms with Crippen LogP contribution in [0.25, 0.3) is 0 Å². The van der Waals surface area contributed by atoms with Crippen molar-refractivity contribution in [2.45, 2.75) is 26.8 Å². The molecule has 0 fully saturated rings. The normalized spacial score (nSPS) is 15.5. The molecule has 4 heteroatoms. The predicted molar refractivity (Wildman–Crippen MR) is 89.9 cm³/mol. The van der Waals surface area contributed by atoms with E-state index in [1.807, 2.05) is 23.7 Å². The van der Waals surface area contributed by atoms with E-state index in [-0.39, 0.29) is 0 Å². The first-order chi connectivity index (χ1) is 10.1. The maximum atomic E-state index is 4.10. The minimum absolute atomic E-state index is 0.690. The maximum Gasteiger partial charge on any atom is 0.0967 e. The fourth-order valence-electron chi connectivity index (χ4n) is 2.92. The van der Waals surface area contributed by atoms with E-state index in [4.69, 9.17) is 0 Å². The summed E-state index contributed by atoms with van der Waals surface area (Å²) < 4.78 is 0. The van der Waals surface area contributed by atoms with Gasteiger partial charge < -0.3 is 4.90 Å². The third-order valence-electron chi connectivity index (χ3n) is 3.69. The molecule has 0 bridgehead atoms. The van der Waals surface area contributed by atoms with Crippen LogP contribution >= 0.6 is 11.3 Å². The fraction of sp³-hybridized carbons (Fsp3) is 0.471. The second-order valence-corrected chi connectivity index (χ2v) is 7.46. The number of rotatable bonds is 4. The summed E-state index contributed by atoms with van der Waals surface area (Å²) in [6.45, 7) is 7.82. The third kappa shape index (κ3) is 3.44. The third-order valence-corrected chi connectivity index (χ3v) is 4.93. The van der Waals surface area contributed by atoms with Gasteiger partial charge in [0.2, 0.25) is 0 Å². The minimum atomic E-state index is 0.690. The number of pyridine rings is 1. The minimum Gasteiger partial charge on any atom is -0.350 e. The van der Waals surface area contributed by atoms with Gasteiger partial charge in [0.05, 0.1) is 11.7 Å². The Kier molecular flexibility index (Phi) is 4.27. The van der Waals surface area contributed by atoms with Crippen LogP contribution in [-0.2, 0) is 13.0 Å². The van der Waals surface area contributed by atoms with Crippen molar-refractivity contribution in [2.75, 3.05) is 25.2 Å². The molecular weight excluding hydrogens is 278 g/mol. The Morgan fingerprint density at radius 1 is 1.29 bits per heavy atom. The van der Waals surface area contributed by atoms with Crippen molar-refractivity contribution in [3.05, 3.63) is 46.6 Å². The van der Waals surface area contributed by atoms with Crippen molar-refractivity contribution < 1.29 is 0 Å². The lowest BCUT2D eigenvalue weighted by atomic mass is 10.1. The molecule has 0 amide bonds. The van der Waals surface area contributed by atoms with Gasteiger partial charge in [0.1, 0.15) is 0 Å². The first-order valence-corrected chi connectivity index (χ1v) is 8.37. The number of anilines is 1. The average Bonchev–Trinajstić information content (AvgIpc) is 2.81. The van der Waals surface area contributed by atoms with Gasteiger partial charge in [-0.3, -0.25) is 9.88 Å². The summed E-state index contributed by atoms with van der Waals surface area (Å²) in [4.78, 5) is 10.5. The number of thiophene rings is 1. The first kappa shape index (κ1) is 14.5. The summed E-state index contributed by atoms with van der Waals surface area (Å²) in [5, 5.41) is 1.48. The molecule has 0 unspecified atom stereocenters. The molecule has 1 aliphatic rings. The van der Waals surface area contributed by atoms with Crippen LogP contribution in [0.3, 0.4) is 0 Å². The molecule has 112 valence electrons. The quantitative estimate of drug-likeness (QED) is 0.860. The van der Waals surface area contributed by atoms with Crippen LogP contribution in [-0.4, -0.2) is 30.1 Å². The van der Waals surface area contributed by atoms with E-state index in [2.05, 4.69) is 53.9 Å². The zero-order valence-corrected chi connectivity index (χ0v) is 13.9. The zero-order chi connectivity index (χ0) is 14.8. The van der Waals surface area contributed by atoms with E-state index in [0.717, 1.165) is 26.2 Å². The Labute approximate surface area is 131 Å². The highest BCUT2D eigenvalue weighted by Crippen LogP contribution is 2.36. The van der Waals surface area contributed by atoms with Gasteiger partial charge in [-0.05, 0) is 36.7 Å². The van der Waals surface area contributed by atoms with E-state index < -0.39 is 0 Å². The molecule has 2 aromatic heterocycles. The van der Waals surface area contributed by atoms with Crippen molar-refractivity contribution in [3.63, 3.8) is 0 Å². The Bertz CT molecular complexity index is 591. The van der Waals surface area contributed by atoms with E-state index >= 15 is 0 Å². The van der Waals surface area contributed by atoms with E-state index in [1.54, 1.807) is 0 Å². The lowest BCUT2D eigenvalue weighted by Gasteiger charge is -2.35. The zero-order valence-electron chi connectivity index (χ0n) is 13.0. The van der Waals surface area contributed by atoms with Crippen LogP contribution in [0.4, 0.5) is 5.00 Å². The Morgan fingerprint density at radius 2 is 2.05 bits per heavy atom. The molecule has 0 atom stereocenters. The fourth-order valence-corrected chi connectivity index (χ4v) is 4.13. The molecule has 1 aliphatic heterocycles. The Balaban J connectivity index is 1.83. The largest absolute Gasteiger partial charge is 0.350 e. The lowest BCUT2D eigenvalue weighted by molar-refractivity contribution is 0.305. The van der Waals surface area contributed by atoms with Gasteiger partial charge in [0.15, 0.2) is 0 Å². The molecule has 0 N–H and O–H groups in total.